The second-order valence-electron chi connectivity index (χ2n) is 5.61. The van der Waals surface area contributed by atoms with Crippen molar-refractivity contribution in [2.75, 3.05) is 5.73 Å². The highest BCUT2D eigenvalue weighted by Gasteiger charge is 2.36. The first-order valence-electron chi connectivity index (χ1n) is 6.95. The third-order valence-electron chi connectivity index (χ3n) is 4.42. The van der Waals surface area contributed by atoms with Crippen LogP contribution in [0, 0.1) is 5.41 Å². The maximum atomic E-state index is 6.26. The Hall–Kier alpha value is -1.62. The third-order valence-corrected chi connectivity index (χ3v) is 4.73. The van der Waals surface area contributed by atoms with Gasteiger partial charge in [0, 0.05) is 11.3 Å². The summed E-state index contributed by atoms with van der Waals surface area (Å²) >= 11 is 6.26. The van der Waals surface area contributed by atoms with Crippen molar-refractivity contribution in [2.45, 2.75) is 39.2 Å². The van der Waals surface area contributed by atoms with Crippen LogP contribution >= 0.6 is 11.6 Å². The lowest BCUT2D eigenvalue weighted by Crippen LogP contribution is -2.34. The fourth-order valence-electron chi connectivity index (χ4n) is 2.83. The summed E-state index contributed by atoms with van der Waals surface area (Å²) in [5, 5.41) is 12.7. The number of hydrogen-bond donors (Lipinski definition) is 1. The highest BCUT2D eigenvalue weighted by atomic mass is 35.5. The van der Waals surface area contributed by atoms with Crippen LogP contribution in [0.25, 0.3) is 11.4 Å². The minimum absolute atomic E-state index is 0.352. The summed E-state index contributed by atoms with van der Waals surface area (Å²) in [7, 11) is 0. The molecule has 0 unspecified atom stereocenters. The van der Waals surface area contributed by atoms with Gasteiger partial charge < -0.3 is 5.73 Å². The predicted molar refractivity (Wildman–Crippen MR) is 79.3 cm³/mol. The zero-order valence-corrected chi connectivity index (χ0v) is 12.3. The number of anilines is 1. The first-order chi connectivity index (χ1) is 9.63. The molecule has 2 aromatic rings. The number of benzene rings is 1. The molecule has 20 heavy (non-hydrogen) atoms. The highest BCUT2D eigenvalue weighted by molar-refractivity contribution is 6.33. The van der Waals surface area contributed by atoms with E-state index in [0.29, 0.717) is 16.1 Å². The molecule has 3 rings (SSSR count). The molecule has 6 heteroatoms. The van der Waals surface area contributed by atoms with Gasteiger partial charge in [-0.15, -0.1) is 5.10 Å². The first-order valence-corrected chi connectivity index (χ1v) is 7.33. The number of aromatic nitrogens is 4. The molecular weight excluding hydrogens is 274 g/mol. The Labute approximate surface area is 123 Å². The topological polar surface area (TPSA) is 69.6 Å². The summed E-state index contributed by atoms with van der Waals surface area (Å²) in [4.78, 5) is 0. The number of hydrogen-bond acceptors (Lipinski definition) is 4. The van der Waals surface area contributed by atoms with E-state index in [2.05, 4.69) is 22.4 Å². The smallest absolute Gasteiger partial charge is 0.183 e. The maximum Gasteiger partial charge on any atom is 0.183 e. The van der Waals surface area contributed by atoms with E-state index >= 15 is 0 Å². The number of nitrogens with zero attached hydrogens (tertiary/aromatic N) is 4. The van der Waals surface area contributed by atoms with Crippen LogP contribution in [0.15, 0.2) is 18.2 Å². The molecule has 5 nitrogen and oxygen atoms in total. The Kier molecular flexibility index (Phi) is 3.38. The van der Waals surface area contributed by atoms with Gasteiger partial charge in [-0.3, -0.25) is 0 Å². The van der Waals surface area contributed by atoms with E-state index in [1.165, 1.54) is 19.3 Å². The third kappa shape index (κ3) is 2.26. The van der Waals surface area contributed by atoms with E-state index in [-0.39, 0.29) is 0 Å². The molecule has 1 aromatic heterocycles. The van der Waals surface area contributed by atoms with Gasteiger partial charge in [0.1, 0.15) is 0 Å². The Bertz CT molecular complexity index is 612. The minimum Gasteiger partial charge on any atom is -0.399 e. The fraction of sp³-hybridized carbons (Fsp3) is 0.500. The van der Waals surface area contributed by atoms with Crippen LogP contribution in [-0.4, -0.2) is 20.2 Å². The maximum absolute atomic E-state index is 6.26. The molecule has 1 saturated carbocycles. The molecule has 0 amide bonds. The summed E-state index contributed by atoms with van der Waals surface area (Å²) in [6, 6.07) is 5.42. The largest absolute Gasteiger partial charge is 0.399 e. The molecule has 0 saturated heterocycles. The lowest BCUT2D eigenvalue weighted by atomic mass is 9.67. The monoisotopic (exact) mass is 291 g/mol. The Morgan fingerprint density at radius 2 is 2.20 bits per heavy atom. The lowest BCUT2D eigenvalue weighted by Gasteiger charge is -2.41. The Balaban J connectivity index is 1.93. The number of tetrazole rings is 1. The van der Waals surface area contributed by atoms with E-state index in [1.54, 1.807) is 6.07 Å². The van der Waals surface area contributed by atoms with Gasteiger partial charge in [0.2, 0.25) is 0 Å². The standard InChI is InChI=1S/C14H18ClN5/c1-2-14(6-3-7-14)9-20-13(17-18-19-20)11-5-4-10(16)8-12(11)15/h4-5,8H,2-3,6-7,9,16H2,1H3. The average molecular weight is 292 g/mol. The molecule has 1 heterocycles. The van der Waals surface area contributed by atoms with E-state index in [9.17, 15) is 0 Å². The molecule has 1 aliphatic rings. The molecule has 0 bridgehead atoms. The van der Waals surface area contributed by atoms with E-state index in [0.717, 1.165) is 24.4 Å². The number of halogens is 1. The summed E-state index contributed by atoms with van der Waals surface area (Å²) in [6.45, 7) is 3.09. The molecule has 0 spiro atoms. The Morgan fingerprint density at radius 3 is 2.80 bits per heavy atom. The summed E-state index contributed by atoms with van der Waals surface area (Å²) < 4.78 is 1.88. The van der Waals surface area contributed by atoms with Gasteiger partial charge >= 0.3 is 0 Å². The van der Waals surface area contributed by atoms with E-state index in [1.807, 2.05) is 16.8 Å². The summed E-state index contributed by atoms with van der Waals surface area (Å²) in [5.41, 5.74) is 7.55. The van der Waals surface area contributed by atoms with Gasteiger partial charge in [0.15, 0.2) is 5.82 Å². The molecule has 2 N–H and O–H groups in total. The van der Waals surface area contributed by atoms with Gasteiger partial charge in [0.05, 0.1) is 11.6 Å². The molecule has 1 fully saturated rings. The van der Waals surface area contributed by atoms with Crippen molar-refractivity contribution in [3.8, 4) is 11.4 Å². The SMILES string of the molecule is CCC1(Cn2nnnc2-c2ccc(N)cc2Cl)CCC1. The molecule has 0 radical (unpaired) electrons. The van der Waals surface area contributed by atoms with Crippen molar-refractivity contribution in [2.24, 2.45) is 5.41 Å². The molecule has 0 aliphatic heterocycles. The number of nitrogen functional groups attached to an aromatic ring is 1. The zero-order chi connectivity index (χ0) is 14.2. The second kappa shape index (κ2) is 5.05. The van der Waals surface area contributed by atoms with Crippen molar-refractivity contribution < 1.29 is 0 Å². The van der Waals surface area contributed by atoms with Crippen molar-refractivity contribution in [1.29, 1.82) is 0 Å². The van der Waals surface area contributed by atoms with Gasteiger partial charge in [-0.05, 0) is 53.3 Å². The highest BCUT2D eigenvalue weighted by Crippen LogP contribution is 2.45. The van der Waals surface area contributed by atoms with Crippen molar-refractivity contribution in [3.05, 3.63) is 23.2 Å². The average Bonchev–Trinajstić information content (AvgIpc) is 2.82. The summed E-state index contributed by atoms with van der Waals surface area (Å²) in [5.74, 6) is 0.717. The Morgan fingerprint density at radius 1 is 1.40 bits per heavy atom. The molecular formula is C14H18ClN5. The van der Waals surface area contributed by atoms with Gasteiger partial charge in [-0.1, -0.05) is 24.9 Å². The molecule has 1 aliphatic carbocycles. The zero-order valence-electron chi connectivity index (χ0n) is 11.5. The van der Waals surface area contributed by atoms with Crippen LogP contribution in [-0.2, 0) is 6.54 Å². The van der Waals surface area contributed by atoms with Crippen LogP contribution in [0.1, 0.15) is 32.6 Å². The fourth-order valence-corrected chi connectivity index (χ4v) is 3.11. The number of rotatable bonds is 4. The predicted octanol–water partition coefficient (Wildman–Crippen LogP) is 3.16. The van der Waals surface area contributed by atoms with Crippen LogP contribution < -0.4 is 5.73 Å². The first kappa shape index (κ1) is 13.4. The van der Waals surface area contributed by atoms with Crippen LogP contribution in [0.2, 0.25) is 5.02 Å². The minimum atomic E-state index is 0.352. The normalized spacial score (nSPS) is 16.9. The van der Waals surface area contributed by atoms with Gasteiger partial charge in [0.25, 0.3) is 0 Å². The quantitative estimate of drug-likeness (QED) is 0.879. The molecule has 1 aromatic carbocycles. The van der Waals surface area contributed by atoms with Crippen LogP contribution in [0.5, 0.6) is 0 Å². The van der Waals surface area contributed by atoms with Crippen LogP contribution in [0.3, 0.4) is 0 Å². The summed E-state index contributed by atoms with van der Waals surface area (Å²) in [6.07, 6.45) is 4.95. The lowest BCUT2D eigenvalue weighted by molar-refractivity contribution is 0.0948. The van der Waals surface area contributed by atoms with Crippen molar-refractivity contribution in [1.82, 2.24) is 20.2 Å². The molecule has 0 atom stereocenters. The van der Waals surface area contributed by atoms with E-state index < -0.39 is 0 Å². The van der Waals surface area contributed by atoms with E-state index in [4.69, 9.17) is 17.3 Å². The van der Waals surface area contributed by atoms with Gasteiger partial charge in [-0.25, -0.2) is 4.68 Å². The molecule has 106 valence electrons. The second-order valence-corrected chi connectivity index (χ2v) is 6.01. The number of nitrogens with two attached hydrogens (primary N) is 1. The van der Waals surface area contributed by atoms with Crippen molar-refractivity contribution >= 4 is 17.3 Å². The van der Waals surface area contributed by atoms with Crippen LogP contribution in [0.4, 0.5) is 5.69 Å². The van der Waals surface area contributed by atoms with Gasteiger partial charge in [-0.2, -0.15) is 0 Å². The van der Waals surface area contributed by atoms with Crippen molar-refractivity contribution in [3.63, 3.8) is 0 Å².